The second-order valence-corrected chi connectivity index (χ2v) is 4.83. The number of carbonyl (C=O) groups is 1. The average molecular weight is 230 g/mol. The zero-order valence-corrected chi connectivity index (χ0v) is 11.1. The highest BCUT2D eigenvalue weighted by atomic mass is 16.4. The van der Waals surface area contributed by atoms with Crippen LogP contribution in [-0.4, -0.2) is 61.2 Å². The second kappa shape index (κ2) is 8.53. The molecule has 0 aliphatic carbocycles. The van der Waals surface area contributed by atoms with Crippen molar-refractivity contribution in [2.75, 3.05) is 40.3 Å². The van der Waals surface area contributed by atoms with Gasteiger partial charge in [0.15, 0.2) is 0 Å². The van der Waals surface area contributed by atoms with Gasteiger partial charge in [0.2, 0.25) is 0 Å². The first-order valence-corrected chi connectivity index (χ1v) is 6.04. The van der Waals surface area contributed by atoms with Gasteiger partial charge in [0.1, 0.15) is 0 Å². The Bertz CT molecular complexity index is 195. The lowest BCUT2D eigenvalue weighted by molar-refractivity contribution is -0.138. The third-order valence-corrected chi connectivity index (χ3v) is 2.57. The molecule has 1 unspecified atom stereocenters. The molecule has 0 aliphatic heterocycles. The van der Waals surface area contributed by atoms with Crippen molar-refractivity contribution >= 4 is 5.97 Å². The standard InChI is InChI=1S/C12H26N2O2/c1-5-6-11(2)9-14(10-12(15)16)8-7-13(3)4/h11H,5-10H2,1-4H3,(H,15,16). The van der Waals surface area contributed by atoms with Crippen molar-refractivity contribution in [3.05, 3.63) is 0 Å². The molecule has 0 saturated carbocycles. The lowest BCUT2D eigenvalue weighted by atomic mass is 10.1. The van der Waals surface area contributed by atoms with Crippen molar-refractivity contribution in [2.24, 2.45) is 5.92 Å². The Morgan fingerprint density at radius 2 is 1.94 bits per heavy atom. The van der Waals surface area contributed by atoms with Crippen LogP contribution in [0.2, 0.25) is 0 Å². The van der Waals surface area contributed by atoms with E-state index in [2.05, 4.69) is 18.7 Å². The molecule has 0 rings (SSSR count). The van der Waals surface area contributed by atoms with Gasteiger partial charge in [-0.2, -0.15) is 0 Å². The van der Waals surface area contributed by atoms with Crippen LogP contribution in [0.5, 0.6) is 0 Å². The molecule has 0 spiro atoms. The highest BCUT2D eigenvalue weighted by molar-refractivity contribution is 5.69. The number of aliphatic carboxylic acids is 1. The normalized spacial score (nSPS) is 13.4. The largest absolute Gasteiger partial charge is 0.480 e. The fraction of sp³-hybridized carbons (Fsp3) is 0.917. The monoisotopic (exact) mass is 230 g/mol. The first-order chi connectivity index (χ1) is 7.45. The van der Waals surface area contributed by atoms with Crippen molar-refractivity contribution < 1.29 is 9.90 Å². The van der Waals surface area contributed by atoms with Gasteiger partial charge in [-0.3, -0.25) is 9.69 Å². The SMILES string of the molecule is CCCC(C)CN(CCN(C)C)CC(=O)O. The lowest BCUT2D eigenvalue weighted by Crippen LogP contribution is -2.38. The number of rotatable bonds is 9. The molecule has 0 saturated heterocycles. The molecule has 96 valence electrons. The zero-order chi connectivity index (χ0) is 12.6. The van der Waals surface area contributed by atoms with Crippen LogP contribution in [0.15, 0.2) is 0 Å². The van der Waals surface area contributed by atoms with Crippen LogP contribution in [0.25, 0.3) is 0 Å². The van der Waals surface area contributed by atoms with Gasteiger partial charge in [-0.05, 0) is 26.4 Å². The molecule has 0 bridgehead atoms. The third kappa shape index (κ3) is 8.68. The number of hydrogen-bond acceptors (Lipinski definition) is 3. The van der Waals surface area contributed by atoms with Gasteiger partial charge in [-0.25, -0.2) is 0 Å². The average Bonchev–Trinajstić information content (AvgIpc) is 2.13. The fourth-order valence-corrected chi connectivity index (χ4v) is 1.79. The van der Waals surface area contributed by atoms with E-state index in [1.807, 2.05) is 19.0 Å². The van der Waals surface area contributed by atoms with Crippen LogP contribution in [0.1, 0.15) is 26.7 Å². The Hall–Kier alpha value is -0.610. The Kier molecular flexibility index (Phi) is 8.21. The van der Waals surface area contributed by atoms with Gasteiger partial charge < -0.3 is 10.0 Å². The minimum absolute atomic E-state index is 0.155. The van der Waals surface area contributed by atoms with E-state index in [-0.39, 0.29) is 6.54 Å². The van der Waals surface area contributed by atoms with Crippen LogP contribution in [0.4, 0.5) is 0 Å². The summed E-state index contributed by atoms with van der Waals surface area (Å²) < 4.78 is 0. The van der Waals surface area contributed by atoms with E-state index in [9.17, 15) is 4.79 Å². The molecule has 0 aromatic carbocycles. The molecule has 0 fully saturated rings. The molecular formula is C12H26N2O2. The number of carboxylic acid groups (broad SMARTS) is 1. The number of hydrogen-bond donors (Lipinski definition) is 1. The summed E-state index contributed by atoms with van der Waals surface area (Å²) in [5.74, 6) is -0.158. The smallest absolute Gasteiger partial charge is 0.317 e. The van der Waals surface area contributed by atoms with E-state index in [1.54, 1.807) is 0 Å². The Morgan fingerprint density at radius 1 is 1.31 bits per heavy atom. The Morgan fingerprint density at radius 3 is 2.38 bits per heavy atom. The summed E-state index contributed by atoms with van der Waals surface area (Å²) >= 11 is 0. The van der Waals surface area contributed by atoms with E-state index in [0.717, 1.165) is 32.5 Å². The van der Waals surface area contributed by atoms with Crippen LogP contribution in [0.3, 0.4) is 0 Å². The summed E-state index contributed by atoms with van der Waals surface area (Å²) in [6.07, 6.45) is 2.33. The number of likely N-dealkylation sites (N-methyl/N-ethyl adjacent to an activating group) is 1. The maximum absolute atomic E-state index is 10.7. The highest BCUT2D eigenvalue weighted by Crippen LogP contribution is 2.07. The van der Waals surface area contributed by atoms with E-state index >= 15 is 0 Å². The van der Waals surface area contributed by atoms with Gasteiger partial charge in [0, 0.05) is 19.6 Å². The zero-order valence-electron chi connectivity index (χ0n) is 11.1. The van der Waals surface area contributed by atoms with Crippen LogP contribution in [-0.2, 0) is 4.79 Å². The second-order valence-electron chi connectivity index (χ2n) is 4.83. The third-order valence-electron chi connectivity index (χ3n) is 2.57. The Labute approximate surface area is 99.2 Å². The van der Waals surface area contributed by atoms with Gasteiger partial charge >= 0.3 is 5.97 Å². The summed E-state index contributed by atoms with van der Waals surface area (Å²) in [6.45, 7) is 7.13. The molecule has 0 aliphatic rings. The molecule has 0 aromatic rings. The van der Waals surface area contributed by atoms with Crippen molar-refractivity contribution in [2.45, 2.75) is 26.7 Å². The first kappa shape index (κ1) is 15.4. The maximum atomic E-state index is 10.7. The minimum Gasteiger partial charge on any atom is -0.480 e. The van der Waals surface area contributed by atoms with E-state index in [1.165, 1.54) is 0 Å². The summed E-state index contributed by atoms with van der Waals surface area (Å²) in [5.41, 5.74) is 0. The first-order valence-electron chi connectivity index (χ1n) is 6.04. The van der Waals surface area contributed by atoms with Gasteiger partial charge in [0.25, 0.3) is 0 Å². The minimum atomic E-state index is -0.734. The molecule has 0 radical (unpaired) electrons. The van der Waals surface area contributed by atoms with Crippen molar-refractivity contribution in [3.8, 4) is 0 Å². The molecule has 0 heterocycles. The van der Waals surface area contributed by atoms with Crippen LogP contribution < -0.4 is 0 Å². The predicted octanol–water partition coefficient (Wildman–Crippen LogP) is 1.37. The van der Waals surface area contributed by atoms with Crippen LogP contribution in [0, 0.1) is 5.92 Å². The number of carboxylic acids is 1. The van der Waals surface area contributed by atoms with Gasteiger partial charge in [0.05, 0.1) is 6.54 Å². The molecule has 4 nitrogen and oxygen atoms in total. The van der Waals surface area contributed by atoms with E-state index in [0.29, 0.717) is 5.92 Å². The van der Waals surface area contributed by atoms with Crippen molar-refractivity contribution in [1.82, 2.24) is 9.80 Å². The molecule has 0 amide bonds. The quantitative estimate of drug-likeness (QED) is 0.650. The molecule has 1 N–H and O–H groups in total. The van der Waals surface area contributed by atoms with Crippen molar-refractivity contribution in [3.63, 3.8) is 0 Å². The van der Waals surface area contributed by atoms with E-state index in [4.69, 9.17) is 5.11 Å². The van der Waals surface area contributed by atoms with Gasteiger partial charge in [-0.1, -0.05) is 20.3 Å². The lowest BCUT2D eigenvalue weighted by Gasteiger charge is -2.25. The molecule has 0 aromatic heterocycles. The molecular weight excluding hydrogens is 204 g/mol. The fourth-order valence-electron chi connectivity index (χ4n) is 1.79. The summed E-state index contributed by atoms with van der Waals surface area (Å²) in [6, 6.07) is 0. The van der Waals surface area contributed by atoms with Crippen molar-refractivity contribution in [1.29, 1.82) is 0 Å². The molecule has 16 heavy (non-hydrogen) atoms. The Balaban J connectivity index is 4.03. The highest BCUT2D eigenvalue weighted by Gasteiger charge is 2.13. The summed E-state index contributed by atoms with van der Waals surface area (Å²) in [7, 11) is 4.02. The van der Waals surface area contributed by atoms with Crippen LogP contribution >= 0.6 is 0 Å². The van der Waals surface area contributed by atoms with E-state index < -0.39 is 5.97 Å². The summed E-state index contributed by atoms with van der Waals surface area (Å²) in [4.78, 5) is 14.9. The summed E-state index contributed by atoms with van der Waals surface area (Å²) in [5, 5.41) is 8.84. The maximum Gasteiger partial charge on any atom is 0.317 e. The predicted molar refractivity (Wildman–Crippen MR) is 66.7 cm³/mol. The number of nitrogens with zero attached hydrogens (tertiary/aromatic N) is 2. The van der Waals surface area contributed by atoms with Gasteiger partial charge in [-0.15, -0.1) is 0 Å². The molecule has 1 atom stereocenters. The molecule has 4 heteroatoms. The topological polar surface area (TPSA) is 43.8 Å².